The molecule has 72 valence electrons. The van der Waals surface area contributed by atoms with Gasteiger partial charge in [-0.1, -0.05) is 0 Å². The number of hydrogen-bond acceptors (Lipinski definition) is 4. The summed E-state index contributed by atoms with van der Waals surface area (Å²) in [6.07, 6.45) is 3.20. The van der Waals surface area contributed by atoms with Crippen molar-refractivity contribution in [2.75, 3.05) is 5.73 Å². The second-order valence-corrected chi connectivity index (χ2v) is 3.14. The summed E-state index contributed by atoms with van der Waals surface area (Å²) >= 11 is 0. The van der Waals surface area contributed by atoms with E-state index in [4.69, 9.17) is 10.2 Å². The van der Waals surface area contributed by atoms with Gasteiger partial charge in [0.1, 0.15) is 11.5 Å². The molecule has 0 saturated heterocycles. The van der Waals surface area contributed by atoms with Crippen LogP contribution in [0.5, 0.6) is 0 Å². The molecule has 0 bridgehead atoms. The van der Waals surface area contributed by atoms with Crippen molar-refractivity contribution in [2.45, 2.75) is 13.8 Å². The Morgan fingerprint density at radius 1 is 1.21 bits per heavy atom. The van der Waals surface area contributed by atoms with Gasteiger partial charge in [0.25, 0.3) is 0 Å². The zero-order valence-electron chi connectivity index (χ0n) is 8.11. The van der Waals surface area contributed by atoms with E-state index in [1.165, 1.54) is 0 Å². The molecular weight excluding hydrogens is 178 g/mol. The lowest BCUT2D eigenvalue weighted by Crippen LogP contribution is -2.01. The highest BCUT2D eigenvalue weighted by atomic mass is 16.3. The SMILES string of the molecule is Cc1nc(N)c(-c2ccoc2)nc1C. The van der Waals surface area contributed by atoms with Gasteiger partial charge in [0.15, 0.2) is 0 Å². The van der Waals surface area contributed by atoms with Crippen LogP contribution in [0, 0.1) is 13.8 Å². The maximum absolute atomic E-state index is 5.77. The molecule has 0 aliphatic heterocycles. The Morgan fingerprint density at radius 3 is 2.57 bits per heavy atom. The van der Waals surface area contributed by atoms with E-state index < -0.39 is 0 Å². The third-order valence-corrected chi connectivity index (χ3v) is 2.13. The number of hydrogen-bond donors (Lipinski definition) is 1. The van der Waals surface area contributed by atoms with Gasteiger partial charge in [0.2, 0.25) is 0 Å². The van der Waals surface area contributed by atoms with Gasteiger partial charge < -0.3 is 10.2 Å². The number of nitrogen functional groups attached to an aromatic ring is 1. The quantitative estimate of drug-likeness (QED) is 0.744. The van der Waals surface area contributed by atoms with Crippen LogP contribution >= 0.6 is 0 Å². The van der Waals surface area contributed by atoms with Gasteiger partial charge in [-0.3, -0.25) is 0 Å². The van der Waals surface area contributed by atoms with E-state index >= 15 is 0 Å². The number of nitrogens with two attached hydrogens (primary N) is 1. The Hall–Kier alpha value is -1.84. The monoisotopic (exact) mass is 189 g/mol. The van der Waals surface area contributed by atoms with E-state index in [-0.39, 0.29) is 0 Å². The van der Waals surface area contributed by atoms with E-state index in [2.05, 4.69) is 9.97 Å². The molecule has 0 fully saturated rings. The predicted octanol–water partition coefficient (Wildman–Crippen LogP) is 1.94. The molecule has 2 aromatic rings. The molecule has 2 N–H and O–H groups in total. The van der Waals surface area contributed by atoms with Crippen molar-refractivity contribution in [2.24, 2.45) is 0 Å². The van der Waals surface area contributed by atoms with E-state index in [0.717, 1.165) is 17.0 Å². The molecule has 0 spiro atoms. The van der Waals surface area contributed by atoms with Gasteiger partial charge in [-0.05, 0) is 19.9 Å². The highest BCUT2D eigenvalue weighted by Gasteiger charge is 2.08. The van der Waals surface area contributed by atoms with Crippen LogP contribution in [-0.2, 0) is 0 Å². The van der Waals surface area contributed by atoms with Crippen LogP contribution in [0.4, 0.5) is 5.82 Å². The van der Waals surface area contributed by atoms with Crippen LogP contribution in [0.15, 0.2) is 23.0 Å². The minimum absolute atomic E-state index is 0.439. The highest BCUT2D eigenvalue weighted by molar-refractivity contribution is 5.68. The van der Waals surface area contributed by atoms with Crippen LogP contribution in [0.2, 0.25) is 0 Å². The summed E-state index contributed by atoms with van der Waals surface area (Å²) in [6.45, 7) is 3.79. The minimum Gasteiger partial charge on any atom is -0.472 e. The molecule has 0 aliphatic rings. The molecule has 2 rings (SSSR count). The van der Waals surface area contributed by atoms with Crippen molar-refractivity contribution in [3.05, 3.63) is 30.0 Å². The fraction of sp³-hybridized carbons (Fsp3) is 0.200. The summed E-state index contributed by atoms with van der Waals surface area (Å²) in [4.78, 5) is 8.57. The summed E-state index contributed by atoms with van der Waals surface area (Å²) in [5.41, 5.74) is 9.05. The molecule has 2 heterocycles. The molecular formula is C10H11N3O. The summed E-state index contributed by atoms with van der Waals surface area (Å²) in [5.74, 6) is 0.439. The topological polar surface area (TPSA) is 64.9 Å². The van der Waals surface area contributed by atoms with Gasteiger partial charge in [0.05, 0.1) is 23.9 Å². The average Bonchev–Trinajstić information content (AvgIpc) is 2.64. The Labute approximate surface area is 81.8 Å². The lowest BCUT2D eigenvalue weighted by molar-refractivity contribution is 0.568. The predicted molar refractivity (Wildman–Crippen MR) is 53.6 cm³/mol. The molecule has 0 unspecified atom stereocenters. The number of anilines is 1. The maximum atomic E-state index is 5.77. The number of aryl methyl sites for hydroxylation is 2. The number of nitrogens with zero attached hydrogens (tertiary/aromatic N) is 2. The van der Waals surface area contributed by atoms with Crippen LogP contribution in [0.25, 0.3) is 11.3 Å². The minimum atomic E-state index is 0.439. The van der Waals surface area contributed by atoms with Gasteiger partial charge >= 0.3 is 0 Å². The number of rotatable bonds is 1. The Balaban J connectivity index is 2.60. The third kappa shape index (κ3) is 1.35. The van der Waals surface area contributed by atoms with Crippen molar-refractivity contribution in [3.63, 3.8) is 0 Å². The second kappa shape index (κ2) is 3.14. The van der Waals surface area contributed by atoms with E-state index in [1.54, 1.807) is 12.5 Å². The van der Waals surface area contributed by atoms with Crippen LogP contribution in [0.1, 0.15) is 11.4 Å². The largest absolute Gasteiger partial charge is 0.472 e. The first-order valence-electron chi connectivity index (χ1n) is 4.32. The summed E-state index contributed by atoms with van der Waals surface area (Å²) in [7, 11) is 0. The maximum Gasteiger partial charge on any atom is 0.150 e. The lowest BCUT2D eigenvalue weighted by Gasteiger charge is -2.04. The van der Waals surface area contributed by atoms with E-state index in [0.29, 0.717) is 11.5 Å². The van der Waals surface area contributed by atoms with Crippen molar-refractivity contribution in [1.29, 1.82) is 0 Å². The molecule has 14 heavy (non-hydrogen) atoms. The Bertz CT molecular complexity index is 449. The molecule has 0 radical (unpaired) electrons. The zero-order valence-corrected chi connectivity index (χ0v) is 8.11. The first-order valence-corrected chi connectivity index (χ1v) is 4.32. The molecule has 0 aromatic carbocycles. The molecule has 0 amide bonds. The zero-order chi connectivity index (χ0) is 10.1. The highest BCUT2D eigenvalue weighted by Crippen LogP contribution is 2.23. The van der Waals surface area contributed by atoms with Crippen LogP contribution in [-0.4, -0.2) is 9.97 Å². The standard InChI is InChI=1S/C10H11N3O/c1-6-7(2)13-10(11)9(12-6)8-3-4-14-5-8/h3-5H,1-2H3,(H2,11,13). The first kappa shape index (κ1) is 8.74. The Kier molecular flexibility index (Phi) is 1.96. The van der Waals surface area contributed by atoms with Crippen molar-refractivity contribution < 1.29 is 4.42 Å². The van der Waals surface area contributed by atoms with Crippen molar-refractivity contribution in [3.8, 4) is 11.3 Å². The molecule has 4 nitrogen and oxygen atoms in total. The summed E-state index contributed by atoms with van der Waals surface area (Å²) < 4.78 is 4.97. The molecule has 0 saturated carbocycles. The fourth-order valence-electron chi connectivity index (χ4n) is 1.23. The average molecular weight is 189 g/mol. The molecule has 0 aliphatic carbocycles. The summed E-state index contributed by atoms with van der Waals surface area (Å²) in [6, 6.07) is 1.81. The fourth-order valence-corrected chi connectivity index (χ4v) is 1.23. The second-order valence-electron chi connectivity index (χ2n) is 3.14. The van der Waals surface area contributed by atoms with Crippen LogP contribution < -0.4 is 5.73 Å². The van der Waals surface area contributed by atoms with Gasteiger partial charge in [-0.15, -0.1) is 0 Å². The van der Waals surface area contributed by atoms with Gasteiger partial charge in [-0.25, -0.2) is 9.97 Å². The van der Waals surface area contributed by atoms with Crippen LogP contribution in [0.3, 0.4) is 0 Å². The third-order valence-electron chi connectivity index (χ3n) is 2.13. The lowest BCUT2D eigenvalue weighted by atomic mass is 10.2. The van der Waals surface area contributed by atoms with Gasteiger partial charge in [0, 0.05) is 5.56 Å². The molecule has 0 atom stereocenters. The van der Waals surface area contributed by atoms with E-state index in [9.17, 15) is 0 Å². The smallest absolute Gasteiger partial charge is 0.150 e. The Morgan fingerprint density at radius 2 is 1.93 bits per heavy atom. The van der Waals surface area contributed by atoms with Crippen molar-refractivity contribution >= 4 is 5.82 Å². The number of aromatic nitrogens is 2. The number of furan rings is 1. The van der Waals surface area contributed by atoms with Gasteiger partial charge in [-0.2, -0.15) is 0 Å². The molecule has 4 heteroatoms. The normalized spacial score (nSPS) is 10.4. The van der Waals surface area contributed by atoms with Crippen molar-refractivity contribution in [1.82, 2.24) is 9.97 Å². The first-order chi connectivity index (χ1) is 6.68. The van der Waals surface area contributed by atoms with E-state index in [1.807, 2.05) is 19.9 Å². The summed E-state index contributed by atoms with van der Waals surface area (Å²) in [5, 5.41) is 0. The molecule has 2 aromatic heterocycles.